The van der Waals surface area contributed by atoms with Crippen molar-refractivity contribution in [3.05, 3.63) is 56.8 Å². The van der Waals surface area contributed by atoms with Crippen molar-refractivity contribution in [1.82, 2.24) is 0 Å². The Balaban J connectivity index is 1.63. The van der Waals surface area contributed by atoms with Gasteiger partial charge in [-0.2, -0.15) is 0 Å². The number of carbonyl (C=O) groups excluding carboxylic acids is 2. The van der Waals surface area contributed by atoms with Gasteiger partial charge >= 0.3 is 5.97 Å². The van der Waals surface area contributed by atoms with Gasteiger partial charge in [0.05, 0.1) is 0 Å². The fourth-order valence-corrected chi connectivity index (χ4v) is 3.86. The van der Waals surface area contributed by atoms with E-state index in [1.165, 1.54) is 27.8 Å². The van der Waals surface area contributed by atoms with Crippen molar-refractivity contribution < 1.29 is 23.1 Å². The largest absolute Gasteiger partial charge is 0.453 e. The Bertz CT molecular complexity index is 798. The maximum atomic E-state index is 13.1. The molecule has 0 N–H and O–H groups in total. The topological polar surface area (TPSA) is 43.4 Å². The predicted octanol–water partition coefficient (Wildman–Crippen LogP) is 4.19. The maximum absolute atomic E-state index is 13.1. The van der Waals surface area contributed by atoms with E-state index in [2.05, 4.69) is 6.92 Å². The van der Waals surface area contributed by atoms with Crippen LogP contribution in [0.1, 0.15) is 43.8 Å². The summed E-state index contributed by atoms with van der Waals surface area (Å²) in [6.07, 6.45) is 3.02. The molecule has 6 heteroatoms. The molecular weight excluding hydrogens is 334 g/mol. The Hall–Kier alpha value is -2.08. The van der Waals surface area contributed by atoms with E-state index in [0.717, 1.165) is 31.4 Å². The van der Waals surface area contributed by atoms with Crippen LogP contribution in [0.2, 0.25) is 0 Å². The van der Waals surface area contributed by atoms with Crippen molar-refractivity contribution in [2.45, 2.75) is 26.2 Å². The van der Waals surface area contributed by atoms with Gasteiger partial charge < -0.3 is 4.74 Å². The minimum atomic E-state index is -1.10. The number of thiophene rings is 1. The fraction of sp³-hybridized carbons (Fsp3) is 0.333. The Morgan fingerprint density at radius 1 is 1.25 bits per heavy atom. The number of halogens is 2. The van der Waals surface area contributed by atoms with Gasteiger partial charge in [0.1, 0.15) is 4.88 Å². The number of fused-ring (bicyclic) bond motifs is 1. The number of hydrogen-bond acceptors (Lipinski definition) is 4. The first-order valence-electron chi connectivity index (χ1n) is 7.71. The van der Waals surface area contributed by atoms with E-state index in [4.69, 9.17) is 4.74 Å². The molecule has 2 aromatic rings. The highest BCUT2D eigenvalue weighted by atomic mass is 32.1. The van der Waals surface area contributed by atoms with E-state index in [1.807, 2.05) is 6.07 Å². The molecule has 24 heavy (non-hydrogen) atoms. The molecule has 1 aromatic heterocycles. The zero-order valence-corrected chi connectivity index (χ0v) is 13.9. The summed E-state index contributed by atoms with van der Waals surface area (Å²) >= 11 is 1.40. The van der Waals surface area contributed by atoms with Gasteiger partial charge in [0.15, 0.2) is 24.0 Å². The number of Topliss-reactive ketones (excluding diaryl/α,β-unsaturated/α-hetero) is 1. The lowest BCUT2D eigenvalue weighted by atomic mass is 9.90. The molecule has 126 valence electrons. The van der Waals surface area contributed by atoms with Crippen LogP contribution in [0.4, 0.5) is 8.78 Å². The number of hydrogen-bond donors (Lipinski definition) is 0. The smallest absolute Gasteiger partial charge is 0.348 e. The lowest BCUT2D eigenvalue weighted by molar-refractivity contribution is 0.0479. The number of aryl methyl sites for hydroxylation is 1. The van der Waals surface area contributed by atoms with E-state index in [9.17, 15) is 18.4 Å². The maximum Gasteiger partial charge on any atom is 0.348 e. The summed E-state index contributed by atoms with van der Waals surface area (Å²) in [7, 11) is 0. The second kappa shape index (κ2) is 6.81. The van der Waals surface area contributed by atoms with Gasteiger partial charge in [-0.15, -0.1) is 11.3 Å². The molecule has 3 nitrogen and oxygen atoms in total. The van der Waals surface area contributed by atoms with Crippen LogP contribution >= 0.6 is 11.3 Å². The molecule has 1 heterocycles. The Morgan fingerprint density at radius 3 is 2.79 bits per heavy atom. The van der Waals surface area contributed by atoms with Gasteiger partial charge in [-0.1, -0.05) is 6.92 Å². The molecule has 0 bridgehead atoms. The van der Waals surface area contributed by atoms with Crippen molar-refractivity contribution in [3.63, 3.8) is 0 Å². The third-order valence-electron chi connectivity index (χ3n) is 4.11. The average molecular weight is 350 g/mol. The van der Waals surface area contributed by atoms with Crippen LogP contribution in [0.5, 0.6) is 0 Å². The quantitative estimate of drug-likeness (QED) is 0.613. The molecule has 0 saturated carbocycles. The zero-order chi connectivity index (χ0) is 17.3. The third-order valence-corrected chi connectivity index (χ3v) is 5.32. The van der Waals surface area contributed by atoms with E-state index < -0.39 is 30.0 Å². The number of carbonyl (C=O) groups is 2. The highest BCUT2D eigenvalue weighted by Gasteiger charge is 2.22. The van der Waals surface area contributed by atoms with Crippen LogP contribution in [-0.4, -0.2) is 18.4 Å². The van der Waals surface area contributed by atoms with Crippen molar-refractivity contribution in [2.24, 2.45) is 5.92 Å². The molecule has 0 amide bonds. The average Bonchev–Trinajstić information content (AvgIpc) is 2.98. The van der Waals surface area contributed by atoms with E-state index in [1.54, 1.807) is 0 Å². The van der Waals surface area contributed by atoms with E-state index >= 15 is 0 Å². The van der Waals surface area contributed by atoms with Gasteiger partial charge in [-0.3, -0.25) is 4.79 Å². The SMILES string of the molecule is CC1CCc2sc(C(=O)OCC(=O)c3ccc(F)c(F)c3)cc2C1. The molecular formula is C18H16F2O3S. The summed E-state index contributed by atoms with van der Waals surface area (Å²) in [6, 6.07) is 4.68. The summed E-state index contributed by atoms with van der Waals surface area (Å²) in [5.74, 6) is -2.66. The molecule has 1 aliphatic rings. The molecule has 0 fully saturated rings. The standard InChI is InChI=1S/C18H16F2O3S/c1-10-2-5-16-12(6-10)8-17(24-16)18(22)23-9-15(21)11-3-4-13(19)14(20)7-11/h3-4,7-8,10H,2,5-6,9H2,1H3. The molecule has 0 aliphatic heterocycles. The van der Waals surface area contributed by atoms with Gasteiger partial charge in [-0.25, -0.2) is 13.6 Å². The van der Waals surface area contributed by atoms with Gasteiger partial charge in [0.2, 0.25) is 0 Å². The van der Waals surface area contributed by atoms with Crippen LogP contribution in [0, 0.1) is 17.6 Å². The summed E-state index contributed by atoms with van der Waals surface area (Å²) in [5.41, 5.74) is 1.15. The number of rotatable bonds is 4. The first-order chi connectivity index (χ1) is 11.4. The van der Waals surface area contributed by atoms with Crippen molar-refractivity contribution in [2.75, 3.05) is 6.61 Å². The van der Waals surface area contributed by atoms with Crippen LogP contribution in [-0.2, 0) is 17.6 Å². The van der Waals surface area contributed by atoms with Crippen LogP contribution in [0.15, 0.2) is 24.3 Å². The second-order valence-corrected chi connectivity index (χ2v) is 7.17. The third kappa shape index (κ3) is 3.53. The van der Waals surface area contributed by atoms with E-state index in [0.29, 0.717) is 10.8 Å². The fourth-order valence-electron chi connectivity index (χ4n) is 2.76. The van der Waals surface area contributed by atoms with Gasteiger partial charge in [0, 0.05) is 10.4 Å². The number of ketones is 1. The summed E-state index contributed by atoms with van der Waals surface area (Å²) in [5, 5.41) is 0. The number of ether oxygens (including phenoxy) is 1. The summed E-state index contributed by atoms with van der Waals surface area (Å²) < 4.78 is 31.0. The monoisotopic (exact) mass is 350 g/mol. The minimum absolute atomic E-state index is 0.0269. The Labute approximate surface area is 142 Å². The minimum Gasteiger partial charge on any atom is -0.453 e. The first kappa shape index (κ1) is 16.8. The number of benzene rings is 1. The molecule has 0 saturated heterocycles. The molecule has 0 spiro atoms. The van der Waals surface area contributed by atoms with Gasteiger partial charge in [0.25, 0.3) is 0 Å². The lowest BCUT2D eigenvalue weighted by Gasteiger charge is -2.16. The van der Waals surface area contributed by atoms with Crippen LogP contribution in [0.25, 0.3) is 0 Å². The normalized spacial score (nSPS) is 16.5. The molecule has 1 aliphatic carbocycles. The highest BCUT2D eigenvalue weighted by Crippen LogP contribution is 2.32. The molecule has 1 unspecified atom stereocenters. The Morgan fingerprint density at radius 2 is 2.04 bits per heavy atom. The lowest BCUT2D eigenvalue weighted by Crippen LogP contribution is -2.14. The van der Waals surface area contributed by atoms with E-state index in [-0.39, 0.29) is 5.56 Å². The predicted molar refractivity (Wildman–Crippen MR) is 86.5 cm³/mol. The molecule has 1 atom stereocenters. The van der Waals surface area contributed by atoms with Crippen molar-refractivity contribution in [3.8, 4) is 0 Å². The van der Waals surface area contributed by atoms with Crippen molar-refractivity contribution >= 4 is 23.1 Å². The van der Waals surface area contributed by atoms with Crippen molar-refractivity contribution in [1.29, 1.82) is 0 Å². The van der Waals surface area contributed by atoms with Gasteiger partial charge in [-0.05, 0) is 55.0 Å². The Kier molecular flexibility index (Phi) is 4.76. The molecule has 3 rings (SSSR count). The highest BCUT2D eigenvalue weighted by molar-refractivity contribution is 7.14. The summed E-state index contributed by atoms with van der Waals surface area (Å²) in [6.45, 7) is 1.68. The first-order valence-corrected chi connectivity index (χ1v) is 8.52. The molecule has 0 radical (unpaired) electrons. The second-order valence-electron chi connectivity index (χ2n) is 6.04. The summed E-state index contributed by atoms with van der Waals surface area (Å²) in [4.78, 5) is 25.7. The van der Waals surface area contributed by atoms with Crippen LogP contribution in [0.3, 0.4) is 0 Å². The van der Waals surface area contributed by atoms with Crippen LogP contribution < -0.4 is 0 Å². The number of esters is 1. The zero-order valence-electron chi connectivity index (χ0n) is 13.1. The molecule has 1 aromatic carbocycles.